The average molecular weight is 599 g/mol. The van der Waals surface area contributed by atoms with E-state index in [4.69, 9.17) is 9.84 Å². The van der Waals surface area contributed by atoms with Gasteiger partial charge in [0.05, 0.1) is 17.6 Å². The predicted octanol–water partition coefficient (Wildman–Crippen LogP) is 5.06. The van der Waals surface area contributed by atoms with Gasteiger partial charge in [-0.2, -0.15) is 0 Å². The maximum Gasteiger partial charge on any atom is 0.407 e. The Labute approximate surface area is 252 Å². The van der Waals surface area contributed by atoms with Crippen LogP contribution in [0.15, 0.2) is 48.7 Å². The fourth-order valence-electron chi connectivity index (χ4n) is 5.60. The molecule has 2 aromatic rings. The van der Waals surface area contributed by atoms with Gasteiger partial charge in [-0.25, -0.2) is 19.0 Å². The smallest absolute Gasteiger partial charge is 0.407 e. The number of pyridine rings is 1. The molecule has 4 rings (SSSR count). The van der Waals surface area contributed by atoms with Crippen molar-refractivity contribution in [2.24, 2.45) is 11.8 Å². The molecule has 10 nitrogen and oxygen atoms in total. The molecule has 11 heteroatoms. The number of ether oxygens (including phenoxy) is 1. The molecular weight excluding hydrogens is 555 g/mol. The first-order chi connectivity index (χ1) is 20.4. The third-order valence-corrected chi connectivity index (χ3v) is 7.85. The number of hydrogen-bond acceptors (Lipinski definition) is 7. The monoisotopic (exact) mass is 598 g/mol. The number of nitrogens with zero attached hydrogens (tertiary/aromatic N) is 2. The van der Waals surface area contributed by atoms with E-state index in [9.17, 15) is 23.6 Å². The zero-order valence-corrected chi connectivity index (χ0v) is 25.3. The zero-order chi connectivity index (χ0) is 31.6. The predicted molar refractivity (Wildman–Crippen MR) is 161 cm³/mol. The highest BCUT2D eigenvalue weighted by atomic mass is 19.1. The Morgan fingerprint density at radius 2 is 1.77 bits per heavy atom. The van der Waals surface area contributed by atoms with Crippen LogP contribution in [-0.4, -0.2) is 77.2 Å². The third kappa shape index (κ3) is 10.1. The number of alkyl carbamates (subject to hydrolysis) is 1. The number of hydrogen-bond donors (Lipinski definition) is 3. The van der Waals surface area contributed by atoms with E-state index in [0.717, 1.165) is 50.5 Å². The van der Waals surface area contributed by atoms with Crippen LogP contribution in [0.4, 0.5) is 15.0 Å². The number of alkyl halides is 1. The summed E-state index contributed by atoms with van der Waals surface area (Å²) in [4.78, 5) is 51.9. The van der Waals surface area contributed by atoms with E-state index in [1.807, 2.05) is 42.3 Å². The van der Waals surface area contributed by atoms with Crippen LogP contribution in [-0.2, 0) is 14.3 Å². The number of aromatic carboxylic acids is 1. The van der Waals surface area contributed by atoms with Crippen LogP contribution in [0.3, 0.4) is 0 Å². The van der Waals surface area contributed by atoms with Crippen molar-refractivity contribution in [3.8, 4) is 0 Å². The molecule has 43 heavy (non-hydrogen) atoms. The molecule has 1 aliphatic heterocycles. The van der Waals surface area contributed by atoms with Gasteiger partial charge in [0.25, 0.3) is 0 Å². The normalized spacial score (nSPS) is 22.8. The number of amides is 2. The molecule has 0 bridgehead atoms. The van der Waals surface area contributed by atoms with E-state index in [-0.39, 0.29) is 35.3 Å². The second-order valence-corrected chi connectivity index (χ2v) is 12.2. The van der Waals surface area contributed by atoms with Gasteiger partial charge < -0.3 is 25.3 Å². The molecule has 0 spiro atoms. The minimum absolute atomic E-state index is 0.0909. The van der Waals surface area contributed by atoms with Crippen molar-refractivity contribution in [3.63, 3.8) is 0 Å². The maximum atomic E-state index is 13.1. The number of carboxylic acid groups (broad SMARTS) is 1. The number of carbonyl (C=O) groups excluding carboxylic acids is 3. The molecule has 0 radical (unpaired) electrons. The van der Waals surface area contributed by atoms with Crippen LogP contribution in [0.1, 0.15) is 74.7 Å². The molecule has 2 unspecified atom stereocenters. The van der Waals surface area contributed by atoms with Gasteiger partial charge in [0.1, 0.15) is 24.4 Å². The van der Waals surface area contributed by atoms with Gasteiger partial charge in [-0.1, -0.05) is 30.3 Å². The second-order valence-electron chi connectivity index (χ2n) is 12.2. The summed E-state index contributed by atoms with van der Waals surface area (Å²) in [5.74, 6) is -0.488. The van der Waals surface area contributed by atoms with Gasteiger partial charge >= 0.3 is 12.1 Å². The van der Waals surface area contributed by atoms with Crippen LogP contribution in [0, 0.1) is 11.8 Å². The third-order valence-electron chi connectivity index (χ3n) is 7.85. The average Bonchev–Trinajstić information content (AvgIpc) is 3.37. The standard InChI is InChI=1S/C18H19N3O3.C14H24FNO3/c1-21-10-9-14(12-5-3-2-4-6-12)16(21)17(22)20-15-8-7-13(11-19-15)18(23)24;1-14(2,3)19-13(18)16-12(8-15)11-6-4-10(9-17)5-7-11/h2-8,11,14,16H,9-10H2,1H3,(H,23,24)(H,19,20,22);9-12H,4-8H2,1-3H3,(H,16,18)/t14-,16?;/m1./s1. The number of carboxylic acids is 1. The summed E-state index contributed by atoms with van der Waals surface area (Å²) in [6, 6.07) is 12.2. The van der Waals surface area contributed by atoms with Gasteiger partial charge in [0.15, 0.2) is 0 Å². The number of anilines is 1. The van der Waals surface area contributed by atoms with Gasteiger partial charge in [-0.3, -0.25) is 9.69 Å². The molecule has 1 aromatic carbocycles. The Morgan fingerprint density at radius 3 is 2.30 bits per heavy atom. The largest absolute Gasteiger partial charge is 0.478 e. The van der Waals surface area contributed by atoms with E-state index >= 15 is 0 Å². The summed E-state index contributed by atoms with van der Waals surface area (Å²) in [7, 11) is 1.94. The molecule has 1 saturated heterocycles. The van der Waals surface area contributed by atoms with E-state index in [0.29, 0.717) is 5.82 Å². The molecule has 2 aliphatic rings. The minimum Gasteiger partial charge on any atom is -0.478 e. The number of aromatic nitrogens is 1. The Bertz CT molecular complexity index is 1210. The number of benzene rings is 1. The van der Waals surface area contributed by atoms with Crippen LogP contribution < -0.4 is 10.6 Å². The van der Waals surface area contributed by atoms with E-state index < -0.39 is 30.4 Å². The first-order valence-electron chi connectivity index (χ1n) is 14.7. The van der Waals surface area contributed by atoms with Crippen molar-refractivity contribution in [3.05, 3.63) is 59.8 Å². The zero-order valence-electron chi connectivity index (χ0n) is 25.3. The van der Waals surface area contributed by atoms with Crippen LogP contribution in [0.25, 0.3) is 0 Å². The van der Waals surface area contributed by atoms with Crippen molar-refractivity contribution in [2.45, 2.75) is 76.5 Å². The molecular formula is C32H43FN4O6. The number of carbonyl (C=O) groups is 4. The van der Waals surface area contributed by atoms with Gasteiger partial charge in [-0.15, -0.1) is 0 Å². The van der Waals surface area contributed by atoms with Crippen LogP contribution in [0.2, 0.25) is 0 Å². The number of likely N-dealkylation sites (N-methyl/N-ethyl adjacent to an activating group) is 1. The van der Waals surface area contributed by atoms with E-state index in [1.165, 1.54) is 18.3 Å². The van der Waals surface area contributed by atoms with Crippen molar-refractivity contribution in [2.75, 3.05) is 25.6 Å². The van der Waals surface area contributed by atoms with Crippen LogP contribution >= 0.6 is 0 Å². The molecule has 1 saturated carbocycles. The quantitative estimate of drug-likeness (QED) is 0.359. The highest BCUT2D eigenvalue weighted by molar-refractivity contribution is 5.95. The topological polar surface area (TPSA) is 138 Å². The van der Waals surface area contributed by atoms with Gasteiger partial charge in [-0.05, 0) is 90.1 Å². The van der Waals surface area contributed by atoms with Gasteiger partial charge in [0.2, 0.25) is 5.91 Å². The highest BCUT2D eigenvalue weighted by Crippen LogP contribution is 2.33. The first-order valence-corrected chi connectivity index (χ1v) is 14.7. The molecule has 1 aliphatic carbocycles. The lowest BCUT2D eigenvalue weighted by Gasteiger charge is -2.31. The number of likely N-dealkylation sites (tertiary alicyclic amines) is 1. The summed E-state index contributed by atoms with van der Waals surface area (Å²) < 4.78 is 18.2. The lowest BCUT2D eigenvalue weighted by Crippen LogP contribution is -2.45. The summed E-state index contributed by atoms with van der Waals surface area (Å²) in [5.41, 5.74) is 0.657. The molecule has 3 atom stereocenters. The molecule has 2 fully saturated rings. The summed E-state index contributed by atoms with van der Waals surface area (Å²) in [5, 5.41) is 14.3. The number of aldehydes is 1. The molecule has 2 amide bonds. The minimum atomic E-state index is -1.04. The van der Waals surface area contributed by atoms with Crippen molar-refractivity contribution < 1.29 is 33.4 Å². The molecule has 1 aromatic heterocycles. The maximum absolute atomic E-state index is 13.1. The van der Waals surface area contributed by atoms with E-state index in [2.05, 4.69) is 15.6 Å². The number of rotatable bonds is 8. The summed E-state index contributed by atoms with van der Waals surface area (Å²) in [6.45, 7) is 5.56. The van der Waals surface area contributed by atoms with E-state index in [1.54, 1.807) is 20.8 Å². The Kier molecular flexibility index (Phi) is 12.2. The fourth-order valence-corrected chi connectivity index (χ4v) is 5.60. The molecule has 234 valence electrons. The first kappa shape index (κ1) is 33.6. The Morgan fingerprint density at radius 1 is 1.09 bits per heavy atom. The number of halogens is 1. The summed E-state index contributed by atoms with van der Waals surface area (Å²) in [6.07, 6.45) is 5.66. The van der Waals surface area contributed by atoms with Crippen molar-refractivity contribution in [1.82, 2.24) is 15.2 Å². The molecule has 3 N–H and O–H groups in total. The Balaban J connectivity index is 0.000000243. The van der Waals surface area contributed by atoms with Gasteiger partial charge in [0, 0.05) is 18.0 Å². The Hall–Kier alpha value is -3.86. The SMILES string of the molecule is CC(C)(C)OC(=O)NC(CF)C1CCC(C=O)CC1.CN1CC[C@H](c2ccccc2)C1C(=O)Nc1ccc(C(=O)O)cn1. The molecule has 2 heterocycles. The number of nitrogens with one attached hydrogen (secondary N) is 2. The van der Waals surface area contributed by atoms with Crippen LogP contribution in [0.5, 0.6) is 0 Å². The van der Waals surface area contributed by atoms with Crippen molar-refractivity contribution in [1.29, 1.82) is 0 Å². The fraction of sp³-hybridized carbons (Fsp3) is 0.531. The summed E-state index contributed by atoms with van der Waals surface area (Å²) >= 11 is 0. The highest BCUT2D eigenvalue weighted by Gasteiger charge is 2.38. The van der Waals surface area contributed by atoms with Crippen molar-refractivity contribution >= 4 is 30.1 Å². The lowest BCUT2D eigenvalue weighted by molar-refractivity contribution is -0.120. The second kappa shape index (κ2) is 15.6. The lowest BCUT2D eigenvalue weighted by atomic mass is 9.79.